The van der Waals surface area contributed by atoms with Crippen LogP contribution < -0.4 is 0 Å². The van der Waals surface area contributed by atoms with Crippen LogP contribution in [0.4, 0.5) is 26.3 Å². The number of halogens is 6. The van der Waals surface area contributed by atoms with Crippen LogP contribution in [-0.4, -0.2) is 0 Å². The van der Waals surface area contributed by atoms with Crippen molar-refractivity contribution < 1.29 is 26.3 Å². The lowest BCUT2D eigenvalue weighted by Crippen LogP contribution is -2.05. The Bertz CT molecular complexity index is 635. The molecule has 0 amide bonds. The van der Waals surface area contributed by atoms with Crippen molar-refractivity contribution in [1.29, 1.82) is 0 Å². The van der Waals surface area contributed by atoms with E-state index in [0.29, 0.717) is 16.7 Å². The Kier molecular flexibility index (Phi) is 3.74. The van der Waals surface area contributed by atoms with Crippen LogP contribution in [0.2, 0.25) is 0 Å². The normalized spacial score (nSPS) is 12.5. The Labute approximate surface area is 117 Å². The molecule has 0 nitrogen and oxygen atoms in total. The van der Waals surface area contributed by atoms with Crippen LogP contribution in [0, 0.1) is 6.92 Å². The molecule has 0 aliphatic carbocycles. The highest BCUT2D eigenvalue weighted by Crippen LogP contribution is 2.34. The standard InChI is InChI=1S/C15H10F6/c1-9-8-12(15(19,20)21)6-7-13(9)10-2-4-11(5-3-10)14(16,17)18/h2-8H,1H3. The maximum Gasteiger partial charge on any atom is 0.416 e. The van der Waals surface area contributed by atoms with Crippen molar-refractivity contribution in [3.05, 3.63) is 59.2 Å². The molecular weight excluding hydrogens is 294 g/mol. The fourth-order valence-corrected chi connectivity index (χ4v) is 2.00. The third-order valence-corrected chi connectivity index (χ3v) is 3.08. The zero-order valence-electron chi connectivity index (χ0n) is 10.8. The molecule has 0 N–H and O–H groups in total. The van der Waals surface area contributed by atoms with E-state index in [4.69, 9.17) is 0 Å². The van der Waals surface area contributed by atoms with Crippen LogP contribution in [0.15, 0.2) is 42.5 Å². The highest BCUT2D eigenvalue weighted by Gasteiger charge is 2.31. The first kappa shape index (κ1) is 15.4. The average molecular weight is 304 g/mol. The third-order valence-electron chi connectivity index (χ3n) is 3.08. The van der Waals surface area contributed by atoms with E-state index >= 15 is 0 Å². The van der Waals surface area contributed by atoms with Gasteiger partial charge in [0.15, 0.2) is 0 Å². The molecule has 0 fully saturated rings. The molecule has 0 saturated heterocycles. The van der Waals surface area contributed by atoms with Gasteiger partial charge in [-0.05, 0) is 47.9 Å². The number of hydrogen-bond donors (Lipinski definition) is 0. The molecule has 0 spiro atoms. The molecule has 0 radical (unpaired) electrons. The molecule has 0 aliphatic rings. The zero-order chi connectivity index (χ0) is 15.8. The van der Waals surface area contributed by atoms with Crippen molar-refractivity contribution in [2.24, 2.45) is 0 Å². The molecule has 0 aliphatic heterocycles. The number of benzene rings is 2. The quantitative estimate of drug-likeness (QED) is 0.593. The Morgan fingerprint density at radius 3 is 1.57 bits per heavy atom. The first-order valence-electron chi connectivity index (χ1n) is 5.94. The topological polar surface area (TPSA) is 0 Å². The molecular formula is C15H10F6. The molecule has 0 aromatic heterocycles. The molecule has 0 unspecified atom stereocenters. The lowest BCUT2D eigenvalue weighted by molar-refractivity contribution is -0.138. The summed E-state index contributed by atoms with van der Waals surface area (Å²) in [6.07, 6.45) is -8.88. The summed E-state index contributed by atoms with van der Waals surface area (Å²) < 4.78 is 75.1. The number of aryl methyl sites for hydroxylation is 1. The fourth-order valence-electron chi connectivity index (χ4n) is 2.00. The molecule has 2 rings (SSSR count). The summed E-state index contributed by atoms with van der Waals surface area (Å²) in [5, 5.41) is 0. The van der Waals surface area contributed by atoms with E-state index in [1.165, 1.54) is 25.1 Å². The molecule has 112 valence electrons. The maximum absolute atomic E-state index is 12.6. The first-order valence-corrected chi connectivity index (χ1v) is 5.94. The largest absolute Gasteiger partial charge is 0.416 e. The Balaban J connectivity index is 2.39. The predicted octanol–water partition coefficient (Wildman–Crippen LogP) is 5.70. The van der Waals surface area contributed by atoms with Crippen LogP contribution in [0.1, 0.15) is 16.7 Å². The van der Waals surface area contributed by atoms with Crippen molar-refractivity contribution in [3.63, 3.8) is 0 Å². The zero-order valence-corrected chi connectivity index (χ0v) is 10.8. The summed E-state index contributed by atoms with van der Waals surface area (Å²) in [6.45, 7) is 1.49. The van der Waals surface area contributed by atoms with Gasteiger partial charge in [0.05, 0.1) is 11.1 Å². The van der Waals surface area contributed by atoms with Crippen molar-refractivity contribution in [1.82, 2.24) is 0 Å². The van der Waals surface area contributed by atoms with E-state index in [-0.39, 0.29) is 0 Å². The average Bonchev–Trinajstić information content (AvgIpc) is 2.36. The van der Waals surface area contributed by atoms with E-state index in [1.54, 1.807) is 0 Å². The number of rotatable bonds is 1. The van der Waals surface area contributed by atoms with Gasteiger partial charge >= 0.3 is 12.4 Å². The summed E-state index contributed by atoms with van der Waals surface area (Å²) >= 11 is 0. The van der Waals surface area contributed by atoms with E-state index in [0.717, 1.165) is 24.3 Å². The number of hydrogen-bond acceptors (Lipinski definition) is 0. The SMILES string of the molecule is Cc1cc(C(F)(F)F)ccc1-c1ccc(C(F)(F)F)cc1. The lowest BCUT2D eigenvalue weighted by atomic mass is 9.97. The number of alkyl halides is 6. The second kappa shape index (κ2) is 5.09. The van der Waals surface area contributed by atoms with Gasteiger partial charge in [-0.25, -0.2) is 0 Å². The van der Waals surface area contributed by atoms with Gasteiger partial charge in [0.1, 0.15) is 0 Å². The molecule has 0 atom stereocenters. The maximum atomic E-state index is 12.6. The smallest absolute Gasteiger partial charge is 0.166 e. The Morgan fingerprint density at radius 2 is 1.14 bits per heavy atom. The molecule has 0 heterocycles. The summed E-state index contributed by atoms with van der Waals surface area (Å²) in [6, 6.07) is 7.48. The highest BCUT2D eigenvalue weighted by molar-refractivity contribution is 5.68. The van der Waals surface area contributed by atoms with Crippen molar-refractivity contribution in [2.75, 3.05) is 0 Å². The van der Waals surface area contributed by atoms with Crippen molar-refractivity contribution >= 4 is 0 Å². The second-order valence-electron chi connectivity index (χ2n) is 4.60. The van der Waals surface area contributed by atoms with Gasteiger partial charge in [0.25, 0.3) is 0 Å². The minimum Gasteiger partial charge on any atom is -0.166 e. The van der Waals surface area contributed by atoms with Crippen LogP contribution in [0.25, 0.3) is 11.1 Å². The molecule has 6 heteroatoms. The Morgan fingerprint density at radius 1 is 0.667 bits per heavy atom. The molecule has 2 aromatic carbocycles. The second-order valence-corrected chi connectivity index (χ2v) is 4.60. The molecule has 0 bridgehead atoms. The van der Waals surface area contributed by atoms with E-state index in [1.807, 2.05) is 0 Å². The predicted molar refractivity (Wildman–Crippen MR) is 66.6 cm³/mol. The van der Waals surface area contributed by atoms with Crippen LogP contribution in [0.3, 0.4) is 0 Å². The summed E-state index contributed by atoms with van der Waals surface area (Å²) in [5.74, 6) is 0. The van der Waals surface area contributed by atoms with Gasteiger partial charge in [-0.1, -0.05) is 18.2 Å². The minimum absolute atomic E-state index is 0.351. The van der Waals surface area contributed by atoms with Gasteiger partial charge in [-0.3, -0.25) is 0 Å². The van der Waals surface area contributed by atoms with Crippen LogP contribution >= 0.6 is 0 Å². The summed E-state index contributed by atoms with van der Waals surface area (Å²) in [4.78, 5) is 0. The molecule has 21 heavy (non-hydrogen) atoms. The van der Waals surface area contributed by atoms with Gasteiger partial charge < -0.3 is 0 Å². The lowest BCUT2D eigenvalue weighted by Gasteiger charge is -2.12. The van der Waals surface area contributed by atoms with Crippen LogP contribution in [-0.2, 0) is 12.4 Å². The molecule has 0 saturated carbocycles. The molecule has 2 aromatic rings. The Hall–Kier alpha value is -1.98. The van der Waals surface area contributed by atoms with Crippen molar-refractivity contribution in [3.8, 4) is 11.1 Å². The monoisotopic (exact) mass is 304 g/mol. The van der Waals surface area contributed by atoms with Crippen molar-refractivity contribution in [2.45, 2.75) is 19.3 Å². The van der Waals surface area contributed by atoms with Gasteiger partial charge in [0.2, 0.25) is 0 Å². The first-order chi connectivity index (χ1) is 9.59. The van der Waals surface area contributed by atoms with Gasteiger partial charge in [-0.15, -0.1) is 0 Å². The summed E-state index contributed by atoms with van der Waals surface area (Å²) in [7, 11) is 0. The fraction of sp³-hybridized carbons (Fsp3) is 0.200. The van der Waals surface area contributed by atoms with E-state index in [2.05, 4.69) is 0 Å². The van der Waals surface area contributed by atoms with Gasteiger partial charge in [-0.2, -0.15) is 26.3 Å². The van der Waals surface area contributed by atoms with E-state index in [9.17, 15) is 26.3 Å². The highest BCUT2D eigenvalue weighted by atomic mass is 19.4. The summed E-state index contributed by atoms with van der Waals surface area (Å²) in [5.41, 5.74) is -0.318. The van der Waals surface area contributed by atoms with E-state index < -0.39 is 23.5 Å². The van der Waals surface area contributed by atoms with Crippen LogP contribution in [0.5, 0.6) is 0 Å². The third kappa shape index (κ3) is 3.37. The van der Waals surface area contributed by atoms with Gasteiger partial charge in [0, 0.05) is 0 Å². The minimum atomic E-state index is -4.44.